The third kappa shape index (κ3) is 2.67. The van der Waals surface area contributed by atoms with Crippen LogP contribution in [0, 0.1) is 0 Å². The van der Waals surface area contributed by atoms with Gasteiger partial charge in [-0.1, -0.05) is 24.2 Å². The number of carbonyl (C=O) groups is 1. The second-order valence-electron chi connectivity index (χ2n) is 6.09. The fraction of sp³-hybridized carbons (Fsp3) is 0.263. The van der Waals surface area contributed by atoms with Gasteiger partial charge in [0.2, 0.25) is 0 Å². The van der Waals surface area contributed by atoms with Crippen molar-refractivity contribution in [3.05, 3.63) is 59.7 Å². The van der Waals surface area contributed by atoms with Gasteiger partial charge in [-0.25, -0.2) is 4.68 Å². The molecule has 1 atom stereocenters. The van der Waals surface area contributed by atoms with Crippen molar-refractivity contribution in [2.75, 3.05) is 13.1 Å². The lowest BCUT2D eigenvalue weighted by Crippen LogP contribution is -2.28. The zero-order valence-corrected chi connectivity index (χ0v) is 13.2. The summed E-state index contributed by atoms with van der Waals surface area (Å²) >= 11 is 0. The summed E-state index contributed by atoms with van der Waals surface area (Å²) in [6.07, 6.45) is 3.95. The van der Waals surface area contributed by atoms with Gasteiger partial charge in [-0.2, -0.15) is 5.10 Å². The Bertz CT molecular complexity index is 1020. The highest BCUT2D eigenvalue weighted by molar-refractivity contribution is 6.04. The average Bonchev–Trinajstić information content (AvgIpc) is 3.12. The summed E-state index contributed by atoms with van der Waals surface area (Å²) in [5.74, 6) is -0.313. The number of benzene rings is 2. The Morgan fingerprint density at radius 1 is 1.33 bits per heavy atom. The molecule has 4 rings (SSSR count). The van der Waals surface area contributed by atoms with Gasteiger partial charge >= 0.3 is 0 Å². The molecule has 1 fully saturated rings. The Kier molecular flexibility index (Phi) is 3.00. The molecular formula is C19H20N4O. The Hall–Kier alpha value is -2.66. The number of nitrogens with one attached hydrogen (secondary N) is 1. The predicted molar refractivity (Wildman–Crippen MR) is 94.4 cm³/mol. The Morgan fingerprint density at radius 2 is 2.17 bits per heavy atom. The highest BCUT2D eigenvalue weighted by Gasteiger charge is 2.15. The third-order valence-corrected chi connectivity index (χ3v) is 4.51. The van der Waals surface area contributed by atoms with Crippen LogP contribution in [0.3, 0.4) is 0 Å². The highest BCUT2D eigenvalue weighted by Crippen LogP contribution is 2.25. The van der Waals surface area contributed by atoms with E-state index in [1.165, 1.54) is 18.4 Å². The molecular weight excluding hydrogens is 300 g/mol. The van der Waals surface area contributed by atoms with E-state index < -0.39 is 5.91 Å². The Balaban J connectivity index is 1.77. The van der Waals surface area contributed by atoms with Gasteiger partial charge in [0.05, 0.1) is 15.4 Å². The van der Waals surface area contributed by atoms with Crippen LogP contribution in [-0.2, 0) is 0 Å². The largest absolute Gasteiger partial charge is 0.366 e. The van der Waals surface area contributed by atoms with E-state index in [1.54, 1.807) is 10.9 Å². The van der Waals surface area contributed by atoms with E-state index in [2.05, 4.69) is 22.5 Å². The number of aromatic nitrogens is 2. The number of rotatable bonds is 3. The first-order valence-electron chi connectivity index (χ1n) is 9.57. The molecule has 1 unspecified atom stereocenters. The van der Waals surface area contributed by atoms with Crippen LogP contribution in [0.25, 0.3) is 16.6 Å². The molecule has 0 bridgehead atoms. The highest BCUT2D eigenvalue weighted by atomic mass is 16.1. The van der Waals surface area contributed by atoms with E-state index in [-0.39, 0.29) is 29.2 Å². The number of nitrogens with two attached hydrogens (primary N) is 1. The quantitative estimate of drug-likeness (QED) is 0.778. The van der Waals surface area contributed by atoms with Crippen LogP contribution in [0.4, 0.5) is 0 Å². The lowest BCUT2D eigenvalue weighted by molar-refractivity contribution is 0.100. The van der Waals surface area contributed by atoms with Crippen molar-refractivity contribution in [2.24, 2.45) is 5.73 Å². The van der Waals surface area contributed by atoms with Crippen molar-refractivity contribution in [3.8, 4) is 5.69 Å². The molecule has 3 N–H and O–H groups in total. The van der Waals surface area contributed by atoms with E-state index in [0.717, 1.165) is 18.8 Å². The van der Waals surface area contributed by atoms with E-state index in [1.807, 2.05) is 12.1 Å². The van der Waals surface area contributed by atoms with Gasteiger partial charge in [0.25, 0.3) is 5.91 Å². The van der Waals surface area contributed by atoms with E-state index in [9.17, 15) is 4.79 Å². The topological polar surface area (TPSA) is 72.9 Å². The molecule has 24 heavy (non-hydrogen) atoms. The molecule has 3 aromatic rings. The molecule has 0 saturated carbocycles. The van der Waals surface area contributed by atoms with E-state index in [4.69, 9.17) is 9.85 Å². The smallest absolute Gasteiger partial charge is 0.250 e. The summed E-state index contributed by atoms with van der Waals surface area (Å²) in [6.45, 7) is 2.05. The van der Waals surface area contributed by atoms with Crippen molar-refractivity contribution in [2.45, 2.75) is 18.8 Å². The number of nitrogens with zero attached hydrogens (tertiary/aromatic N) is 2. The van der Waals surface area contributed by atoms with E-state index >= 15 is 0 Å². The lowest BCUT2D eigenvalue weighted by atomic mass is 9.92. The first kappa shape index (κ1) is 11.8. The molecule has 0 aliphatic carbocycles. The summed E-state index contributed by atoms with van der Waals surface area (Å²) < 4.78 is 25.5. The molecule has 1 saturated heterocycles. The number of piperidine rings is 1. The summed E-state index contributed by atoms with van der Waals surface area (Å²) in [5, 5.41) is 8.14. The fourth-order valence-electron chi connectivity index (χ4n) is 3.22. The summed E-state index contributed by atoms with van der Waals surface area (Å²) in [7, 11) is 0. The van der Waals surface area contributed by atoms with Crippen LogP contribution in [0.1, 0.15) is 38.8 Å². The molecule has 1 aliphatic rings. The van der Waals surface area contributed by atoms with Gasteiger partial charge in [0.1, 0.15) is 5.52 Å². The zero-order valence-electron chi connectivity index (χ0n) is 16.2. The van der Waals surface area contributed by atoms with Crippen molar-refractivity contribution in [1.29, 1.82) is 0 Å². The van der Waals surface area contributed by atoms with Gasteiger partial charge < -0.3 is 11.1 Å². The number of amides is 1. The van der Waals surface area contributed by atoms with Gasteiger partial charge in [0.15, 0.2) is 0 Å². The maximum Gasteiger partial charge on any atom is 0.250 e. The molecule has 0 radical (unpaired) electrons. The summed E-state index contributed by atoms with van der Waals surface area (Å²) in [6, 6.07) is 7.24. The molecule has 5 nitrogen and oxygen atoms in total. The number of hydrogen-bond acceptors (Lipinski definition) is 3. The third-order valence-electron chi connectivity index (χ3n) is 4.51. The Labute approximate surface area is 144 Å². The SMILES string of the molecule is [2H]c1c([2H])c(C(N)=O)c2nn(-c3ccc(C4CCCNC4)cc3)cc2c1[2H]. The molecule has 1 aliphatic heterocycles. The number of hydrogen-bond donors (Lipinski definition) is 2. The summed E-state index contributed by atoms with van der Waals surface area (Å²) in [5.41, 5.74) is 7.52. The second-order valence-corrected chi connectivity index (χ2v) is 6.09. The number of fused-ring (bicyclic) bond motifs is 1. The average molecular weight is 323 g/mol. The lowest BCUT2D eigenvalue weighted by Gasteiger charge is -2.23. The molecule has 2 aromatic carbocycles. The molecule has 122 valence electrons. The molecule has 0 spiro atoms. The molecule has 5 heteroatoms. The minimum absolute atomic E-state index is 0.116. The number of primary amides is 1. The second kappa shape index (κ2) is 6.09. The normalized spacial score (nSPS) is 19.7. The van der Waals surface area contributed by atoms with Crippen molar-refractivity contribution in [3.63, 3.8) is 0 Å². The van der Waals surface area contributed by atoms with Gasteiger partial charge in [0, 0.05) is 18.1 Å². The standard InChI is InChI=1S/C19H20N4O/c20-19(24)17-5-1-3-15-12-23(22-18(15)17)16-8-6-13(7-9-16)14-4-2-10-21-11-14/h1,3,5-9,12,14,21H,2,4,10-11H2,(H2,20,24)/i1D,3D,5D. The molecule has 1 amide bonds. The maximum atomic E-state index is 11.8. The monoisotopic (exact) mass is 323 g/mol. The van der Waals surface area contributed by atoms with Crippen LogP contribution in [0.5, 0.6) is 0 Å². The zero-order chi connectivity index (χ0) is 19.1. The molecule has 2 heterocycles. The van der Waals surface area contributed by atoms with Crippen molar-refractivity contribution < 1.29 is 8.91 Å². The fourth-order valence-corrected chi connectivity index (χ4v) is 3.22. The van der Waals surface area contributed by atoms with Gasteiger partial charge in [-0.05, 0) is 49.0 Å². The molecule has 1 aromatic heterocycles. The first-order valence-corrected chi connectivity index (χ1v) is 8.07. The minimum Gasteiger partial charge on any atom is -0.366 e. The van der Waals surface area contributed by atoms with Crippen LogP contribution >= 0.6 is 0 Å². The van der Waals surface area contributed by atoms with Gasteiger partial charge in [-0.3, -0.25) is 4.79 Å². The first-order chi connectivity index (χ1) is 13.0. The summed E-state index contributed by atoms with van der Waals surface area (Å²) in [4.78, 5) is 11.8. The number of carbonyl (C=O) groups excluding carboxylic acids is 1. The van der Waals surface area contributed by atoms with Crippen molar-refractivity contribution >= 4 is 16.8 Å². The minimum atomic E-state index is -0.816. The maximum absolute atomic E-state index is 11.8. The predicted octanol–water partition coefficient (Wildman–Crippen LogP) is 2.59. The van der Waals surface area contributed by atoms with Crippen LogP contribution in [0.15, 0.2) is 48.6 Å². The van der Waals surface area contributed by atoms with E-state index in [0.29, 0.717) is 11.3 Å². The van der Waals surface area contributed by atoms with Crippen molar-refractivity contribution in [1.82, 2.24) is 15.1 Å². The van der Waals surface area contributed by atoms with Crippen LogP contribution in [0.2, 0.25) is 0 Å². The van der Waals surface area contributed by atoms with Crippen LogP contribution < -0.4 is 11.1 Å². The van der Waals surface area contributed by atoms with Crippen LogP contribution in [-0.4, -0.2) is 28.8 Å². The Morgan fingerprint density at radius 3 is 2.88 bits per heavy atom. The van der Waals surface area contributed by atoms with Gasteiger partial charge in [-0.15, -0.1) is 0 Å².